The molecule has 3 rings (SSSR count). The van der Waals surface area contributed by atoms with Gasteiger partial charge in [-0.1, -0.05) is 18.2 Å². The van der Waals surface area contributed by atoms with Crippen LogP contribution in [-0.2, 0) is 6.54 Å². The fraction of sp³-hybridized carbons (Fsp3) is 0.312. The van der Waals surface area contributed by atoms with Crippen molar-refractivity contribution in [3.05, 3.63) is 48.2 Å². The number of rotatable bonds is 6. The van der Waals surface area contributed by atoms with Gasteiger partial charge in [0.05, 0.1) is 7.11 Å². The zero-order valence-electron chi connectivity index (χ0n) is 11.5. The fourth-order valence-corrected chi connectivity index (χ4v) is 2.00. The summed E-state index contributed by atoms with van der Waals surface area (Å²) in [5.74, 6) is 2.02. The molecule has 104 valence electrons. The number of ether oxygens (including phenoxy) is 2. The molecule has 1 aromatic heterocycles. The van der Waals surface area contributed by atoms with Gasteiger partial charge in [-0.25, -0.2) is 4.98 Å². The Kier molecular flexibility index (Phi) is 3.83. The Morgan fingerprint density at radius 2 is 1.95 bits per heavy atom. The highest BCUT2D eigenvalue weighted by molar-refractivity contribution is 5.42. The minimum absolute atomic E-state index is 0.630. The van der Waals surface area contributed by atoms with Gasteiger partial charge in [0, 0.05) is 24.3 Å². The molecule has 0 spiro atoms. The van der Waals surface area contributed by atoms with Gasteiger partial charge in [-0.15, -0.1) is 0 Å². The Hall–Kier alpha value is -2.07. The van der Waals surface area contributed by atoms with Crippen LogP contribution in [0.1, 0.15) is 18.4 Å². The Balaban J connectivity index is 1.78. The molecule has 4 nitrogen and oxygen atoms in total. The summed E-state index contributed by atoms with van der Waals surface area (Å²) >= 11 is 0. The molecule has 1 aromatic carbocycles. The molecule has 1 aliphatic carbocycles. The lowest BCUT2D eigenvalue weighted by Crippen LogP contribution is -2.16. The number of benzene rings is 1. The number of methoxy groups -OCH3 is 1. The standard InChI is InChI=1S/C16H18N2O2/c1-19-14-6-2-3-7-15(14)20-16-12(5-4-10-17-16)11-18-13-8-9-13/h2-7,10,13,18H,8-9,11H2,1H3. The SMILES string of the molecule is COc1ccccc1Oc1ncccc1CNC1CC1. The fourth-order valence-electron chi connectivity index (χ4n) is 2.00. The van der Waals surface area contributed by atoms with Gasteiger partial charge in [-0.05, 0) is 31.0 Å². The predicted molar refractivity (Wildman–Crippen MR) is 77.2 cm³/mol. The molecule has 1 fully saturated rings. The molecule has 0 saturated heterocycles. The molecular weight excluding hydrogens is 252 g/mol. The number of pyridine rings is 1. The van der Waals surface area contributed by atoms with Gasteiger partial charge in [0.2, 0.25) is 5.88 Å². The number of nitrogens with one attached hydrogen (secondary N) is 1. The van der Waals surface area contributed by atoms with Crippen molar-refractivity contribution in [1.29, 1.82) is 0 Å². The molecule has 0 unspecified atom stereocenters. The highest BCUT2D eigenvalue weighted by Gasteiger charge is 2.21. The number of hydrogen-bond donors (Lipinski definition) is 1. The third-order valence-electron chi connectivity index (χ3n) is 3.28. The highest BCUT2D eigenvalue weighted by atomic mass is 16.5. The van der Waals surface area contributed by atoms with Gasteiger partial charge < -0.3 is 14.8 Å². The van der Waals surface area contributed by atoms with Gasteiger partial charge in [0.15, 0.2) is 11.5 Å². The zero-order valence-corrected chi connectivity index (χ0v) is 11.5. The van der Waals surface area contributed by atoms with E-state index >= 15 is 0 Å². The predicted octanol–water partition coefficient (Wildman–Crippen LogP) is 3.13. The zero-order chi connectivity index (χ0) is 13.8. The first-order valence-corrected chi connectivity index (χ1v) is 6.85. The van der Waals surface area contributed by atoms with Crippen molar-refractivity contribution in [2.45, 2.75) is 25.4 Å². The lowest BCUT2D eigenvalue weighted by atomic mass is 10.2. The molecule has 20 heavy (non-hydrogen) atoms. The Bertz CT molecular complexity index is 582. The number of aromatic nitrogens is 1. The van der Waals surface area contributed by atoms with Crippen molar-refractivity contribution >= 4 is 0 Å². The van der Waals surface area contributed by atoms with E-state index in [2.05, 4.69) is 10.3 Å². The van der Waals surface area contributed by atoms with E-state index < -0.39 is 0 Å². The monoisotopic (exact) mass is 270 g/mol. The van der Waals surface area contributed by atoms with Crippen molar-refractivity contribution in [2.75, 3.05) is 7.11 Å². The topological polar surface area (TPSA) is 43.4 Å². The average Bonchev–Trinajstić information content (AvgIpc) is 3.31. The summed E-state index contributed by atoms with van der Waals surface area (Å²) in [4.78, 5) is 4.33. The Morgan fingerprint density at radius 3 is 2.70 bits per heavy atom. The van der Waals surface area contributed by atoms with E-state index in [1.165, 1.54) is 12.8 Å². The number of hydrogen-bond acceptors (Lipinski definition) is 4. The van der Waals surface area contributed by atoms with Gasteiger partial charge >= 0.3 is 0 Å². The molecule has 0 aliphatic heterocycles. The van der Waals surface area contributed by atoms with Crippen LogP contribution in [0.4, 0.5) is 0 Å². The molecule has 1 saturated carbocycles. The maximum Gasteiger partial charge on any atom is 0.223 e. The summed E-state index contributed by atoms with van der Waals surface area (Å²) in [6.07, 6.45) is 4.28. The maximum atomic E-state index is 5.91. The van der Waals surface area contributed by atoms with Crippen molar-refractivity contribution < 1.29 is 9.47 Å². The van der Waals surface area contributed by atoms with Crippen LogP contribution in [0.3, 0.4) is 0 Å². The van der Waals surface area contributed by atoms with E-state index in [-0.39, 0.29) is 0 Å². The van der Waals surface area contributed by atoms with Crippen molar-refractivity contribution in [3.8, 4) is 17.4 Å². The molecular formula is C16H18N2O2. The molecule has 0 radical (unpaired) electrons. The Labute approximate surface area is 118 Å². The van der Waals surface area contributed by atoms with E-state index in [1.54, 1.807) is 13.3 Å². The van der Waals surface area contributed by atoms with Crippen molar-refractivity contribution in [3.63, 3.8) is 0 Å². The van der Waals surface area contributed by atoms with Gasteiger partial charge in [-0.3, -0.25) is 0 Å². The van der Waals surface area contributed by atoms with Crippen molar-refractivity contribution in [2.24, 2.45) is 0 Å². The van der Waals surface area contributed by atoms with E-state index in [4.69, 9.17) is 9.47 Å². The minimum atomic E-state index is 0.630. The Morgan fingerprint density at radius 1 is 1.15 bits per heavy atom. The van der Waals surface area contributed by atoms with Crippen LogP contribution in [0.5, 0.6) is 17.4 Å². The first-order valence-electron chi connectivity index (χ1n) is 6.85. The third-order valence-corrected chi connectivity index (χ3v) is 3.28. The lowest BCUT2D eigenvalue weighted by Gasteiger charge is -2.12. The van der Waals surface area contributed by atoms with Crippen LogP contribution in [0.25, 0.3) is 0 Å². The van der Waals surface area contributed by atoms with Crippen LogP contribution in [0.15, 0.2) is 42.6 Å². The van der Waals surface area contributed by atoms with Gasteiger partial charge in [-0.2, -0.15) is 0 Å². The summed E-state index contributed by atoms with van der Waals surface area (Å²) in [5.41, 5.74) is 1.06. The lowest BCUT2D eigenvalue weighted by molar-refractivity contribution is 0.372. The molecule has 1 aliphatic rings. The van der Waals surface area contributed by atoms with Crippen molar-refractivity contribution in [1.82, 2.24) is 10.3 Å². The number of para-hydroxylation sites is 2. The minimum Gasteiger partial charge on any atom is -0.493 e. The van der Waals surface area contributed by atoms with E-state index in [0.717, 1.165) is 12.1 Å². The van der Waals surface area contributed by atoms with Crippen LogP contribution >= 0.6 is 0 Å². The summed E-state index contributed by atoms with van der Waals surface area (Å²) in [5, 5.41) is 3.48. The van der Waals surface area contributed by atoms with Gasteiger partial charge in [0.1, 0.15) is 0 Å². The molecule has 0 amide bonds. The van der Waals surface area contributed by atoms with Crippen LogP contribution < -0.4 is 14.8 Å². The smallest absolute Gasteiger partial charge is 0.223 e. The molecule has 0 bridgehead atoms. The van der Waals surface area contributed by atoms with E-state index in [9.17, 15) is 0 Å². The first-order chi connectivity index (χ1) is 9.86. The summed E-state index contributed by atoms with van der Waals surface area (Å²) in [6.45, 7) is 0.781. The highest BCUT2D eigenvalue weighted by Crippen LogP contribution is 2.31. The second-order valence-corrected chi connectivity index (χ2v) is 4.88. The van der Waals surface area contributed by atoms with E-state index in [0.29, 0.717) is 23.4 Å². The molecule has 1 heterocycles. The van der Waals surface area contributed by atoms with Crippen LogP contribution in [0, 0.1) is 0 Å². The molecule has 0 atom stereocenters. The largest absolute Gasteiger partial charge is 0.493 e. The van der Waals surface area contributed by atoms with Crippen LogP contribution in [0.2, 0.25) is 0 Å². The summed E-state index contributed by atoms with van der Waals surface area (Å²) in [7, 11) is 1.64. The maximum absolute atomic E-state index is 5.91. The summed E-state index contributed by atoms with van der Waals surface area (Å²) in [6, 6.07) is 12.2. The normalized spacial score (nSPS) is 14.1. The number of nitrogens with zero attached hydrogens (tertiary/aromatic N) is 1. The molecule has 2 aromatic rings. The van der Waals surface area contributed by atoms with Gasteiger partial charge in [0.25, 0.3) is 0 Å². The third kappa shape index (κ3) is 3.08. The second kappa shape index (κ2) is 5.92. The van der Waals surface area contributed by atoms with E-state index in [1.807, 2.05) is 36.4 Å². The quantitative estimate of drug-likeness (QED) is 0.875. The van der Waals surface area contributed by atoms with Crippen LogP contribution in [-0.4, -0.2) is 18.1 Å². The summed E-state index contributed by atoms with van der Waals surface area (Å²) < 4.78 is 11.2. The molecule has 1 N–H and O–H groups in total. The molecule has 4 heteroatoms. The first kappa shape index (κ1) is 12.9. The second-order valence-electron chi connectivity index (χ2n) is 4.88. The average molecular weight is 270 g/mol.